The van der Waals surface area contributed by atoms with Gasteiger partial charge in [0.25, 0.3) is 0 Å². The van der Waals surface area contributed by atoms with Gasteiger partial charge in [0.05, 0.1) is 14.2 Å². The van der Waals surface area contributed by atoms with E-state index in [1.54, 1.807) is 14.2 Å². The van der Waals surface area contributed by atoms with Crippen molar-refractivity contribution < 1.29 is 9.47 Å². The highest BCUT2D eigenvalue weighted by Gasteiger charge is 2.33. The maximum Gasteiger partial charge on any atom is 0.161 e. The lowest BCUT2D eigenvalue weighted by molar-refractivity contribution is 0.356. The summed E-state index contributed by atoms with van der Waals surface area (Å²) >= 11 is 0. The number of anilines is 1. The number of fused-ring (bicyclic) bond motifs is 1. The highest BCUT2D eigenvalue weighted by molar-refractivity contribution is 5.94. The van der Waals surface area contributed by atoms with Crippen LogP contribution in [0.3, 0.4) is 0 Å². The van der Waals surface area contributed by atoms with Crippen LogP contribution in [0, 0.1) is 5.92 Å². The predicted octanol–water partition coefficient (Wildman–Crippen LogP) is 3.07. The van der Waals surface area contributed by atoms with E-state index in [1.165, 1.54) is 6.42 Å². The van der Waals surface area contributed by atoms with Crippen molar-refractivity contribution in [3.05, 3.63) is 24.4 Å². The zero-order valence-electron chi connectivity index (χ0n) is 11.4. The third-order valence-corrected chi connectivity index (χ3v) is 3.70. The number of benzene rings is 1. The molecule has 1 N–H and O–H groups in total. The molecule has 3 rings (SSSR count). The fraction of sp³-hybridized carbons (Fsp3) is 0.400. The van der Waals surface area contributed by atoms with Crippen molar-refractivity contribution in [1.29, 1.82) is 0 Å². The van der Waals surface area contributed by atoms with Gasteiger partial charge in [-0.05, 0) is 35.9 Å². The lowest BCUT2D eigenvalue weighted by Crippen LogP contribution is -2.05. The minimum absolute atomic E-state index is 0.547. The van der Waals surface area contributed by atoms with Crippen molar-refractivity contribution in [2.45, 2.75) is 19.4 Å². The normalized spacial score (nSPS) is 21.2. The second-order valence-electron chi connectivity index (χ2n) is 5.05. The van der Waals surface area contributed by atoms with Gasteiger partial charge in [0.15, 0.2) is 11.5 Å². The molecule has 0 aliphatic heterocycles. The zero-order chi connectivity index (χ0) is 13.4. The molecule has 100 valence electrons. The van der Waals surface area contributed by atoms with Gasteiger partial charge in [-0.1, -0.05) is 6.92 Å². The lowest BCUT2D eigenvalue weighted by Gasteiger charge is -2.12. The fourth-order valence-corrected chi connectivity index (χ4v) is 2.31. The van der Waals surface area contributed by atoms with Crippen LogP contribution in [-0.4, -0.2) is 25.2 Å². The maximum absolute atomic E-state index is 5.36. The Hall–Kier alpha value is -1.97. The Morgan fingerprint density at radius 1 is 1.21 bits per heavy atom. The van der Waals surface area contributed by atoms with Crippen LogP contribution in [0.2, 0.25) is 0 Å². The number of nitrogens with one attached hydrogen (secondary N) is 1. The minimum atomic E-state index is 0.547. The van der Waals surface area contributed by atoms with Crippen LogP contribution in [0.1, 0.15) is 13.3 Å². The second-order valence-corrected chi connectivity index (χ2v) is 5.05. The fourth-order valence-electron chi connectivity index (χ4n) is 2.31. The Balaban J connectivity index is 2.07. The Morgan fingerprint density at radius 2 is 1.89 bits per heavy atom. The summed E-state index contributed by atoms with van der Waals surface area (Å²) in [5.41, 5.74) is 0. The molecule has 1 aromatic heterocycles. The SMILES string of the molecule is COc1cc2ccnc(NC3CC3C)c2cc1OC. The van der Waals surface area contributed by atoms with Crippen LogP contribution < -0.4 is 14.8 Å². The first-order valence-electron chi connectivity index (χ1n) is 6.50. The molecule has 1 saturated carbocycles. The molecule has 0 amide bonds. The highest BCUT2D eigenvalue weighted by atomic mass is 16.5. The van der Waals surface area contributed by atoms with Gasteiger partial charge in [-0.3, -0.25) is 0 Å². The van der Waals surface area contributed by atoms with Crippen LogP contribution in [0.25, 0.3) is 10.8 Å². The molecule has 0 bridgehead atoms. The van der Waals surface area contributed by atoms with Gasteiger partial charge < -0.3 is 14.8 Å². The Morgan fingerprint density at radius 3 is 2.53 bits per heavy atom. The molecule has 1 fully saturated rings. The molecule has 1 heterocycles. The molecule has 2 unspecified atom stereocenters. The van der Waals surface area contributed by atoms with E-state index in [1.807, 2.05) is 24.4 Å². The van der Waals surface area contributed by atoms with E-state index in [9.17, 15) is 0 Å². The molecule has 2 atom stereocenters. The van der Waals surface area contributed by atoms with E-state index in [0.29, 0.717) is 6.04 Å². The largest absolute Gasteiger partial charge is 0.493 e. The van der Waals surface area contributed by atoms with Gasteiger partial charge in [-0.15, -0.1) is 0 Å². The minimum Gasteiger partial charge on any atom is -0.493 e. The molecule has 4 heteroatoms. The quantitative estimate of drug-likeness (QED) is 0.915. The summed E-state index contributed by atoms with van der Waals surface area (Å²) in [6.07, 6.45) is 3.04. The molecule has 0 saturated heterocycles. The zero-order valence-corrected chi connectivity index (χ0v) is 11.4. The lowest BCUT2D eigenvalue weighted by atomic mass is 10.1. The molecule has 1 aliphatic rings. The van der Waals surface area contributed by atoms with Gasteiger partial charge in [0.1, 0.15) is 5.82 Å². The van der Waals surface area contributed by atoms with E-state index in [0.717, 1.165) is 34.0 Å². The third-order valence-electron chi connectivity index (χ3n) is 3.70. The van der Waals surface area contributed by atoms with Crippen molar-refractivity contribution in [2.24, 2.45) is 5.92 Å². The van der Waals surface area contributed by atoms with E-state index in [2.05, 4.69) is 17.2 Å². The Labute approximate surface area is 112 Å². The average molecular weight is 258 g/mol. The number of hydrogen-bond donors (Lipinski definition) is 1. The highest BCUT2D eigenvalue weighted by Crippen LogP contribution is 2.37. The molecule has 0 radical (unpaired) electrons. The van der Waals surface area contributed by atoms with Crippen molar-refractivity contribution in [3.63, 3.8) is 0 Å². The molecule has 1 aliphatic carbocycles. The van der Waals surface area contributed by atoms with Crippen LogP contribution >= 0.6 is 0 Å². The Bertz CT molecular complexity index is 612. The molecule has 0 spiro atoms. The Kier molecular flexibility index (Phi) is 2.93. The summed E-state index contributed by atoms with van der Waals surface area (Å²) in [4.78, 5) is 4.44. The van der Waals surface area contributed by atoms with Crippen molar-refractivity contribution in [1.82, 2.24) is 4.98 Å². The van der Waals surface area contributed by atoms with Gasteiger partial charge in [0.2, 0.25) is 0 Å². The summed E-state index contributed by atoms with van der Waals surface area (Å²) in [6, 6.07) is 6.50. The van der Waals surface area contributed by atoms with Crippen molar-refractivity contribution in [2.75, 3.05) is 19.5 Å². The standard InChI is InChI=1S/C15H18N2O2/c1-9-6-12(9)17-15-11-8-14(19-3)13(18-2)7-10(11)4-5-16-15/h4-5,7-9,12H,6H2,1-3H3,(H,16,17). The van der Waals surface area contributed by atoms with E-state index in [-0.39, 0.29) is 0 Å². The smallest absolute Gasteiger partial charge is 0.161 e. The number of methoxy groups -OCH3 is 2. The van der Waals surface area contributed by atoms with Crippen LogP contribution in [0.4, 0.5) is 5.82 Å². The summed E-state index contributed by atoms with van der Waals surface area (Å²) in [7, 11) is 3.30. The first-order valence-corrected chi connectivity index (χ1v) is 6.50. The van der Waals surface area contributed by atoms with E-state index < -0.39 is 0 Å². The first kappa shape index (κ1) is 12.1. The average Bonchev–Trinajstić information content (AvgIpc) is 3.13. The number of nitrogens with zero attached hydrogens (tertiary/aromatic N) is 1. The molecule has 2 aromatic rings. The monoisotopic (exact) mass is 258 g/mol. The number of ether oxygens (including phenoxy) is 2. The topological polar surface area (TPSA) is 43.4 Å². The van der Waals surface area contributed by atoms with Crippen LogP contribution in [0.15, 0.2) is 24.4 Å². The predicted molar refractivity (Wildman–Crippen MR) is 76.0 cm³/mol. The first-order chi connectivity index (χ1) is 9.22. The summed E-state index contributed by atoms with van der Waals surface area (Å²) in [5, 5.41) is 5.66. The molecule has 4 nitrogen and oxygen atoms in total. The van der Waals surface area contributed by atoms with Crippen molar-refractivity contribution in [3.8, 4) is 11.5 Å². The van der Waals surface area contributed by atoms with Gasteiger partial charge in [0, 0.05) is 17.6 Å². The maximum atomic E-state index is 5.36. The summed E-state index contributed by atoms with van der Waals surface area (Å²) < 4.78 is 10.7. The number of rotatable bonds is 4. The molecular weight excluding hydrogens is 240 g/mol. The van der Waals surface area contributed by atoms with Crippen LogP contribution in [0.5, 0.6) is 11.5 Å². The number of pyridine rings is 1. The number of hydrogen-bond acceptors (Lipinski definition) is 4. The van der Waals surface area contributed by atoms with Crippen LogP contribution in [-0.2, 0) is 0 Å². The summed E-state index contributed by atoms with van der Waals surface area (Å²) in [6.45, 7) is 2.24. The van der Waals surface area contributed by atoms with E-state index in [4.69, 9.17) is 9.47 Å². The van der Waals surface area contributed by atoms with Crippen molar-refractivity contribution >= 4 is 16.6 Å². The third kappa shape index (κ3) is 2.18. The van der Waals surface area contributed by atoms with Gasteiger partial charge in [-0.2, -0.15) is 0 Å². The molecule has 19 heavy (non-hydrogen) atoms. The number of aromatic nitrogens is 1. The van der Waals surface area contributed by atoms with E-state index >= 15 is 0 Å². The molecular formula is C15H18N2O2. The summed E-state index contributed by atoms with van der Waals surface area (Å²) in [5.74, 6) is 3.13. The van der Waals surface area contributed by atoms with Gasteiger partial charge >= 0.3 is 0 Å². The second kappa shape index (κ2) is 4.61. The van der Waals surface area contributed by atoms with Gasteiger partial charge in [-0.25, -0.2) is 4.98 Å². The molecule has 1 aromatic carbocycles.